The average Bonchev–Trinajstić information content (AvgIpc) is 3.15. The maximum absolute atomic E-state index is 4.69. The summed E-state index contributed by atoms with van der Waals surface area (Å²) in [6, 6.07) is 13.4. The second-order valence-corrected chi connectivity index (χ2v) is 7.09. The first-order chi connectivity index (χ1) is 12.3. The smallest absolute Gasteiger partial charge is 0.134 e. The molecule has 1 saturated heterocycles. The second kappa shape index (κ2) is 7.30. The van der Waals surface area contributed by atoms with Gasteiger partial charge in [-0.3, -0.25) is 0 Å². The van der Waals surface area contributed by atoms with Crippen LogP contribution in [0, 0.1) is 6.92 Å². The molecule has 2 aliphatic rings. The first-order valence-corrected chi connectivity index (χ1v) is 9.45. The lowest BCUT2D eigenvalue weighted by Gasteiger charge is -2.37. The third-order valence-electron chi connectivity index (χ3n) is 5.26. The van der Waals surface area contributed by atoms with Crippen molar-refractivity contribution >= 4 is 17.3 Å². The van der Waals surface area contributed by atoms with Gasteiger partial charge in [0.1, 0.15) is 17.5 Å². The Labute approximate surface area is 150 Å². The zero-order valence-corrected chi connectivity index (χ0v) is 15.0. The molecular formula is C20H27N5. The van der Waals surface area contributed by atoms with Crippen molar-refractivity contribution in [1.82, 2.24) is 9.97 Å². The van der Waals surface area contributed by atoms with Crippen molar-refractivity contribution in [3.05, 3.63) is 42.2 Å². The standard InChI is InChI=1S/C20H27N5/c1-16-21-19(23-17-7-5-6-8-17)15-20(22-16)25-13-11-24(12-14-25)18-9-3-2-4-10-18/h2-4,9-10,15,17H,5-8,11-14H2,1H3,(H,21,22,23). The lowest BCUT2D eigenvalue weighted by atomic mass is 10.2. The Kier molecular flexibility index (Phi) is 4.72. The Balaban J connectivity index is 1.42. The number of hydrogen-bond acceptors (Lipinski definition) is 5. The van der Waals surface area contributed by atoms with E-state index in [0.29, 0.717) is 6.04 Å². The number of aryl methyl sites for hydroxylation is 1. The molecule has 1 aromatic heterocycles. The molecule has 5 heteroatoms. The van der Waals surface area contributed by atoms with Crippen molar-refractivity contribution in [2.45, 2.75) is 38.6 Å². The number of nitrogens with one attached hydrogen (secondary N) is 1. The Hall–Kier alpha value is -2.30. The molecule has 0 bridgehead atoms. The van der Waals surface area contributed by atoms with Crippen LogP contribution in [-0.2, 0) is 0 Å². The fraction of sp³-hybridized carbons (Fsp3) is 0.500. The molecule has 0 radical (unpaired) electrons. The van der Waals surface area contributed by atoms with Crippen LogP contribution in [0.2, 0.25) is 0 Å². The molecule has 0 unspecified atom stereocenters. The van der Waals surface area contributed by atoms with Crippen molar-refractivity contribution in [2.24, 2.45) is 0 Å². The molecule has 1 aromatic carbocycles. The summed E-state index contributed by atoms with van der Waals surface area (Å²) in [5.41, 5.74) is 1.31. The van der Waals surface area contributed by atoms with Gasteiger partial charge in [-0.1, -0.05) is 31.0 Å². The van der Waals surface area contributed by atoms with Crippen LogP contribution in [-0.4, -0.2) is 42.2 Å². The maximum atomic E-state index is 4.69. The van der Waals surface area contributed by atoms with E-state index in [-0.39, 0.29) is 0 Å². The fourth-order valence-electron chi connectivity index (χ4n) is 3.90. The molecule has 0 amide bonds. The van der Waals surface area contributed by atoms with Gasteiger partial charge in [-0.05, 0) is 31.9 Å². The average molecular weight is 337 g/mol. The molecule has 2 fully saturated rings. The Morgan fingerprint density at radius 1 is 0.920 bits per heavy atom. The minimum absolute atomic E-state index is 0.581. The van der Waals surface area contributed by atoms with Gasteiger partial charge in [0.2, 0.25) is 0 Å². The summed E-state index contributed by atoms with van der Waals surface area (Å²) in [5.74, 6) is 2.89. The predicted octanol–water partition coefficient (Wildman–Crippen LogP) is 3.47. The Morgan fingerprint density at radius 3 is 2.32 bits per heavy atom. The van der Waals surface area contributed by atoms with Crippen LogP contribution in [0.1, 0.15) is 31.5 Å². The van der Waals surface area contributed by atoms with E-state index in [9.17, 15) is 0 Å². The highest BCUT2D eigenvalue weighted by Gasteiger charge is 2.20. The third-order valence-corrected chi connectivity index (χ3v) is 5.26. The lowest BCUT2D eigenvalue weighted by Crippen LogP contribution is -2.46. The molecule has 132 valence electrons. The van der Waals surface area contributed by atoms with Gasteiger partial charge in [0.05, 0.1) is 0 Å². The van der Waals surface area contributed by atoms with E-state index in [2.05, 4.69) is 61.5 Å². The predicted molar refractivity (Wildman–Crippen MR) is 104 cm³/mol. The molecule has 1 saturated carbocycles. The summed E-state index contributed by atoms with van der Waals surface area (Å²) in [6.07, 6.45) is 5.17. The van der Waals surface area contributed by atoms with Gasteiger partial charge in [0.25, 0.3) is 0 Å². The van der Waals surface area contributed by atoms with Gasteiger partial charge in [-0.2, -0.15) is 0 Å². The van der Waals surface area contributed by atoms with Crippen LogP contribution >= 0.6 is 0 Å². The number of benzene rings is 1. The lowest BCUT2D eigenvalue weighted by molar-refractivity contribution is 0.645. The van der Waals surface area contributed by atoms with E-state index in [0.717, 1.165) is 43.6 Å². The number of anilines is 3. The number of rotatable bonds is 4. The summed E-state index contributed by atoms with van der Waals surface area (Å²) in [6.45, 7) is 6.03. The number of para-hydroxylation sites is 1. The van der Waals surface area contributed by atoms with Gasteiger partial charge in [-0.15, -0.1) is 0 Å². The molecule has 2 heterocycles. The molecule has 25 heavy (non-hydrogen) atoms. The molecule has 0 atom stereocenters. The molecule has 1 aliphatic heterocycles. The van der Waals surface area contributed by atoms with E-state index in [4.69, 9.17) is 0 Å². The van der Waals surface area contributed by atoms with E-state index >= 15 is 0 Å². The van der Waals surface area contributed by atoms with Crippen LogP contribution < -0.4 is 15.1 Å². The van der Waals surface area contributed by atoms with Crippen LogP contribution in [0.25, 0.3) is 0 Å². The number of aromatic nitrogens is 2. The largest absolute Gasteiger partial charge is 0.368 e. The van der Waals surface area contributed by atoms with E-state index in [1.54, 1.807) is 0 Å². The molecule has 1 aliphatic carbocycles. The van der Waals surface area contributed by atoms with Crippen molar-refractivity contribution in [3.8, 4) is 0 Å². The van der Waals surface area contributed by atoms with E-state index in [1.807, 2.05) is 6.92 Å². The van der Waals surface area contributed by atoms with Gasteiger partial charge in [0.15, 0.2) is 0 Å². The van der Waals surface area contributed by atoms with Gasteiger partial charge in [0, 0.05) is 44.0 Å². The van der Waals surface area contributed by atoms with Crippen LogP contribution in [0.15, 0.2) is 36.4 Å². The molecule has 5 nitrogen and oxygen atoms in total. The van der Waals surface area contributed by atoms with Crippen LogP contribution in [0.4, 0.5) is 17.3 Å². The summed E-state index contributed by atoms with van der Waals surface area (Å²) in [7, 11) is 0. The van der Waals surface area contributed by atoms with Crippen LogP contribution in [0.5, 0.6) is 0 Å². The van der Waals surface area contributed by atoms with Crippen molar-refractivity contribution in [2.75, 3.05) is 41.3 Å². The van der Waals surface area contributed by atoms with Gasteiger partial charge in [-0.25, -0.2) is 9.97 Å². The summed E-state index contributed by atoms with van der Waals surface area (Å²) >= 11 is 0. The summed E-state index contributed by atoms with van der Waals surface area (Å²) < 4.78 is 0. The minimum Gasteiger partial charge on any atom is -0.368 e. The fourth-order valence-corrected chi connectivity index (χ4v) is 3.90. The van der Waals surface area contributed by atoms with Crippen molar-refractivity contribution < 1.29 is 0 Å². The molecule has 2 aromatic rings. The van der Waals surface area contributed by atoms with Gasteiger partial charge >= 0.3 is 0 Å². The topological polar surface area (TPSA) is 44.3 Å². The van der Waals surface area contributed by atoms with Crippen molar-refractivity contribution in [1.29, 1.82) is 0 Å². The minimum atomic E-state index is 0.581. The maximum Gasteiger partial charge on any atom is 0.134 e. The summed E-state index contributed by atoms with van der Waals surface area (Å²) in [5, 5.41) is 3.61. The molecule has 1 N–H and O–H groups in total. The Bertz CT molecular complexity index is 688. The van der Waals surface area contributed by atoms with E-state index in [1.165, 1.54) is 31.4 Å². The monoisotopic (exact) mass is 337 g/mol. The number of nitrogens with zero attached hydrogens (tertiary/aromatic N) is 4. The number of hydrogen-bond donors (Lipinski definition) is 1. The highest BCUT2D eigenvalue weighted by atomic mass is 15.3. The normalized spacial score (nSPS) is 18.6. The van der Waals surface area contributed by atoms with Crippen molar-refractivity contribution in [3.63, 3.8) is 0 Å². The molecule has 0 spiro atoms. The SMILES string of the molecule is Cc1nc(NC2CCCC2)cc(N2CCN(c3ccccc3)CC2)n1. The third kappa shape index (κ3) is 3.86. The van der Waals surface area contributed by atoms with Gasteiger partial charge < -0.3 is 15.1 Å². The quantitative estimate of drug-likeness (QED) is 0.925. The zero-order chi connectivity index (χ0) is 17.1. The second-order valence-electron chi connectivity index (χ2n) is 7.09. The highest BCUT2D eigenvalue weighted by Crippen LogP contribution is 2.24. The van der Waals surface area contributed by atoms with Crippen LogP contribution in [0.3, 0.4) is 0 Å². The first-order valence-electron chi connectivity index (χ1n) is 9.45. The highest BCUT2D eigenvalue weighted by molar-refractivity contribution is 5.53. The Morgan fingerprint density at radius 2 is 1.60 bits per heavy atom. The molecule has 4 rings (SSSR count). The first kappa shape index (κ1) is 16.2. The zero-order valence-electron chi connectivity index (χ0n) is 15.0. The van der Waals surface area contributed by atoms with E-state index < -0.39 is 0 Å². The molecular weight excluding hydrogens is 310 g/mol. The number of piperazine rings is 1. The summed E-state index contributed by atoms with van der Waals surface area (Å²) in [4.78, 5) is 14.1.